The highest BCUT2D eigenvalue weighted by Crippen LogP contribution is 2.33. The summed E-state index contributed by atoms with van der Waals surface area (Å²) < 4.78 is 39.0. The number of hydrogen-bond acceptors (Lipinski definition) is 5. The van der Waals surface area contributed by atoms with Gasteiger partial charge in [-0.15, -0.1) is 0 Å². The van der Waals surface area contributed by atoms with Crippen LogP contribution in [0.3, 0.4) is 0 Å². The highest BCUT2D eigenvalue weighted by atomic mass is 32.2. The summed E-state index contributed by atoms with van der Waals surface area (Å²) in [6.07, 6.45) is 0. The zero-order chi connectivity index (χ0) is 14.3. The highest BCUT2D eigenvalue weighted by Gasteiger charge is 2.30. The molecule has 1 aromatic carbocycles. The number of nitrogens with one attached hydrogen (secondary N) is 1. The molecule has 6 nitrogen and oxygen atoms in total. The molecular weight excluding hydrogens is 286 g/mol. The van der Waals surface area contributed by atoms with Crippen LogP contribution in [0.25, 0.3) is 0 Å². The second-order valence-electron chi connectivity index (χ2n) is 4.83. The number of rotatable bonds is 4. The summed E-state index contributed by atoms with van der Waals surface area (Å²) >= 11 is 0. The summed E-state index contributed by atoms with van der Waals surface area (Å²) in [6, 6.07) is 4.62. The minimum Gasteiger partial charge on any atom is -0.329 e. The fourth-order valence-electron chi connectivity index (χ4n) is 1.64. The van der Waals surface area contributed by atoms with Crippen LogP contribution >= 0.6 is 0 Å². The van der Waals surface area contributed by atoms with Crippen LogP contribution in [0.2, 0.25) is 0 Å². The van der Waals surface area contributed by atoms with E-state index < -0.39 is 26.4 Å². The SMILES string of the molecule is CC(C)(CN)NS(=O)(=O)c1cccc2c1S(=O)C=N2. The topological polar surface area (TPSA) is 102 Å². The maximum absolute atomic E-state index is 12.4. The quantitative estimate of drug-likeness (QED) is 0.844. The van der Waals surface area contributed by atoms with Gasteiger partial charge in [-0.05, 0) is 26.0 Å². The first-order chi connectivity index (χ1) is 8.77. The van der Waals surface area contributed by atoms with Gasteiger partial charge < -0.3 is 5.73 Å². The molecule has 1 aliphatic heterocycles. The number of nitrogens with two attached hydrogens (primary N) is 1. The van der Waals surface area contributed by atoms with Gasteiger partial charge in [-0.3, -0.25) is 0 Å². The van der Waals surface area contributed by atoms with Gasteiger partial charge in [0.25, 0.3) is 0 Å². The molecule has 3 N–H and O–H groups in total. The van der Waals surface area contributed by atoms with Gasteiger partial charge in [0.2, 0.25) is 10.0 Å². The number of hydrogen-bond donors (Lipinski definition) is 2. The Bertz CT molecular complexity index is 666. The molecular formula is C11H15N3O3S2. The van der Waals surface area contributed by atoms with Crippen LogP contribution in [0.4, 0.5) is 5.69 Å². The Hall–Kier alpha value is -1.09. The molecule has 1 atom stereocenters. The van der Waals surface area contributed by atoms with Crippen LogP contribution in [0.1, 0.15) is 13.8 Å². The summed E-state index contributed by atoms with van der Waals surface area (Å²) in [5, 5.41) is 0. The summed E-state index contributed by atoms with van der Waals surface area (Å²) in [7, 11) is -5.32. The first-order valence-electron chi connectivity index (χ1n) is 5.59. The number of nitrogens with zero attached hydrogens (tertiary/aromatic N) is 1. The van der Waals surface area contributed by atoms with E-state index in [1.54, 1.807) is 26.0 Å². The van der Waals surface area contributed by atoms with Gasteiger partial charge in [-0.1, -0.05) is 6.07 Å². The third-order valence-electron chi connectivity index (χ3n) is 2.66. The van der Waals surface area contributed by atoms with E-state index in [-0.39, 0.29) is 16.3 Å². The molecule has 0 radical (unpaired) electrons. The molecule has 0 amide bonds. The highest BCUT2D eigenvalue weighted by molar-refractivity contribution is 7.99. The Morgan fingerprint density at radius 1 is 1.42 bits per heavy atom. The molecule has 0 saturated carbocycles. The second-order valence-corrected chi connectivity index (χ2v) is 7.69. The largest absolute Gasteiger partial charge is 0.329 e. The zero-order valence-electron chi connectivity index (χ0n) is 10.6. The van der Waals surface area contributed by atoms with Crippen molar-refractivity contribution in [1.82, 2.24) is 4.72 Å². The van der Waals surface area contributed by atoms with Crippen molar-refractivity contribution in [1.29, 1.82) is 0 Å². The smallest absolute Gasteiger partial charge is 0.242 e. The molecule has 0 fully saturated rings. The van der Waals surface area contributed by atoms with E-state index in [1.807, 2.05) is 0 Å². The third-order valence-corrected chi connectivity index (χ3v) is 5.66. The van der Waals surface area contributed by atoms with Crippen molar-refractivity contribution < 1.29 is 12.6 Å². The lowest BCUT2D eigenvalue weighted by atomic mass is 10.1. The molecule has 8 heteroatoms. The Kier molecular flexibility index (Phi) is 3.61. The van der Waals surface area contributed by atoms with Crippen molar-refractivity contribution in [2.45, 2.75) is 29.2 Å². The van der Waals surface area contributed by atoms with E-state index in [2.05, 4.69) is 9.71 Å². The predicted octanol–water partition coefficient (Wildman–Crippen LogP) is 0.483. The minimum absolute atomic E-state index is 0.0117. The summed E-state index contributed by atoms with van der Waals surface area (Å²) in [4.78, 5) is 4.14. The number of benzene rings is 1. The lowest BCUT2D eigenvalue weighted by molar-refractivity contribution is 0.462. The van der Waals surface area contributed by atoms with E-state index in [0.29, 0.717) is 5.69 Å². The zero-order valence-corrected chi connectivity index (χ0v) is 12.2. The van der Waals surface area contributed by atoms with E-state index in [9.17, 15) is 12.6 Å². The lowest BCUT2D eigenvalue weighted by Crippen LogP contribution is -2.48. The van der Waals surface area contributed by atoms with E-state index >= 15 is 0 Å². The fourth-order valence-corrected chi connectivity index (χ4v) is 4.65. The van der Waals surface area contributed by atoms with Crippen molar-refractivity contribution in [3.8, 4) is 0 Å². The number of fused-ring (bicyclic) bond motifs is 1. The van der Waals surface area contributed by atoms with Crippen molar-refractivity contribution in [3.63, 3.8) is 0 Å². The molecule has 0 aliphatic carbocycles. The van der Waals surface area contributed by atoms with Crippen LogP contribution in [-0.4, -0.2) is 30.3 Å². The molecule has 1 aliphatic rings. The van der Waals surface area contributed by atoms with Gasteiger partial charge in [0.15, 0.2) is 0 Å². The van der Waals surface area contributed by atoms with Crippen LogP contribution in [0.15, 0.2) is 33.0 Å². The van der Waals surface area contributed by atoms with E-state index in [1.165, 1.54) is 11.6 Å². The molecule has 1 aromatic rings. The molecule has 19 heavy (non-hydrogen) atoms. The summed E-state index contributed by atoms with van der Waals surface area (Å²) in [5.74, 6) is 0. The first kappa shape index (κ1) is 14.3. The molecule has 0 bridgehead atoms. The maximum atomic E-state index is 12.4. The fraction of sp³-hybridized carbons (Fsp3) is 0.364. The molecule has 0 aromatic heterocycles. The number of sulfonamides is 1. The van der Waals surface area contributed by atoms with Gasteiger partial charge >= 0.3 is 0 Å². The van der Waals surface area contributed by atoms with Gasteiger partial charge in [0.05, 0.1) is 26.9 Å². The third kappa shape index (κ3) is 2.76. The molecule has 0 saturated heterocycles. The van der Waals surface area contributed by atoms with Crippen LogP contribution < -0.4 is 10.5 Å². The minimum atomic E-state index is -3.79. The molecule has 0 spiro atoms. The standard InChI is InChI=1S/C11H15N3O3S2/c1-11(2,6-12)14-19(16,17)9-5-3-4-8-10(9)18(15)7-13-8/h3-5,7,14H,6,12H2,1-2H3. The normalized spacial score (nSPS) is 18.6. The van der Waals surface area contributed by atoms with E-state index in [4.69, 9.17) is 5.73 Å². The molecule has 1 unspecified atom stereocenters. The van der Waals surface area contributed by atoms with Crippen LogP contribution in [0, 0.1) is 0 Å². The summed E-state index contributed by atoms with van der Waals surface area (Å²) in [6.45, 7) is 3.52. The average Bonchev–Trinajstić information content (AvgIpc) is 2.70. The maximum Gasteiger partial charge on any atom is 0.242 e. The van der Waals surface area contributed by atoms with Crippen LogP contribution in [0.5, 0.6) is 0 Å². The van der Waals surface area contributed by atoms with Crippen molar-refractivity contribution in [2.75, 3.05) is 6.54 Å². The van der Waals surface area contributed by atoms with Crippen molar-refractivity contribution >= 4 is 32.1 Å². The van der Waals surface area contributed by atoms with Crippen molar-refractivity contribution in [2.24, 2.45) is 10.7 Å². The monoisotopic (exact) mass is 301 g/mol. The van der Waals surface area contributed by atoms with Gasteiger partial charge in [-0.2, -0.15) is 0 Å². The van der Waals surface area contributed by atoms with Crippen molar-refractivity contribution in [3.05, 3.63) is 18.2 Å². The lowest BCUT2D eigenvalue weighted by Gasteiger charge is -2.24. The van der Waals surface area contributed by atoms with Gasteiger partial charge in [0.1, 0.15) is 4.90 Å². The van der Waals surface area contributed by atoms with E-state index in [0.717, 1.165) is 0 Å². The Morgan fingerprint density at radius 3 is 2.74 bits per heavy atom. The molecule has 2 rings (SSSR count). The number of aliphatic imine (C=N–C) groups is 1. The average molecular weight is 301 g/mol. The van der Waals surface area contributed by atoms with Gasteiger partial charge in [0, 0.05) is 12.1 Å². The predicted molar refractivity (Wildman–Crippen MR) is 74.5 cm³/mol. The Morgan fingerprint density at radius 2 is 2.11 bits per heavy atom. The Balaban J connectivity index is 2.50. The van der Waals surface area contributed by atoms with Gasteiger partial charge in [-0.25, -0.2) is 22.3 Å². The molecule has 1 heterocycles. The first-order valence-corrected chi connectivity index (χ1v) is 8.28. The molecule has 104 valence electrons. The summed E-state index contributed by atoms with van der Waals surface area (Å²) in [5.41, 5.74) is 6.40. The second kappa shape index (κ2) is 4.78. The van der Waals surface area contributed by atoms with Crippen LogP contribution in [-0.2, 0) is 20.8 Å². The Labute approximate surface area is 114 Å².